The molecule has 0 N–H and O–H groups in total. The third kappa shape index (κ3) is 5.21. The van der Waals surface area contributed by atoms with Crippen molar-refractivity contribution < 1.29 is 101 Å². The average molecular weight is 637 g/mol. The van der Waals surface area contributed by atoms with E-state index < -0.39 is 88.4 Å². The first kappa shape index (κ1) is 37.2. The van der Waals surface area contributed by atoms with Gasteiger partial charge in [-0.1, -0.05) is 0 Å². The second-order valence-electron chi connectivity index (χ2n) is 6.53. The van der Waals surface area contributed by atoms with E-state index in [9.17, 15) is 96.6 Å². The molecule has 39 heavy (non-hydrogen) atoms. The summed E-state index contributed by atoms with van der Waals surface area (Å²) >= 11 is 0. The third-order valence-corrected chi connectivity index (χ3v) is 4.14. The van der Waals surface area contributed by atoms with Crippen molar-refractivity contribution in [1.29, 1.82) is 0 Å². The van der Waals surface area contributed by atoms with Crippen LogP contribution >= 0.6 is 0 Å². The summed E-state index contributed by atoms with van der Waals surface area (Å²) in [5.41, 5.74) is 0. The number of rotatable bonds is 8. The van der Waals surface area contributed by atoms with E-state index >= 15 is 0 Å². The van der Waals surface area contributed by atoms with Crippen LogP contribution in [0.2, 0.25) is 0 Å². The van der Waals surface area contributed by atoms with Crippen molar-refractivity contribution in [2.24, 2.45) is 0 Å². The van der Waals surface area contributed by atoms with E-state index in [1.807, 2.05) is 0 Å². The molecule has 1 rings (SSSR count). The molecule has 0 saturated carbocycles. The fourth-order valence-electron chi connectivity index (χ4n) is 2.04. The van der Waals surface area contributed by atoms with Gasteiger partial charge in [-0.3, -0.25) is 0 Å². The first-order valence-corrected chi connectivity index (χ1v) is 8.07. The van der Waals surface area contributed by atoms with Crippen LogP contribution < -0.4 is 4.74 Å². The molecule has 221 valence electrons. The minimum atomic E-state index is -8.88. The Hall–Kier alpha value is -1.78. The Labute approximate surface area is 219 Å². The van der Waals surface area contributed by atoms with Gasteiger partial charge in [-0.25, -0.2) is 13.2 Å². The zero-order chi connectivity index (χ0) is 30.8. The molecule has 0 bridgehead atoms. The van der Waals surface area contributed by atoms with Crippen LogP contribution in [0.1, 0.15) is 0 Å². The monoisotopic (exact) mass is 637 g/mol. The number of hydrogen-bond donors (Lipinski definition) is 0. The van der Waals surface area contributed by atoms with Crippen LogP contribution in [0.15, 0.2) is 11.8 Å². The fourth-order valence-corrected chi connectivity index (χ4v) is 2.04. The maximum atomic E-state index is 13.6. The molecular formula is C15F22NaO. The van der Waals surface area contributed by atoms with Gasteiger partial charge in [0.1, 0.15) is 0 Å². The van der Waals surface area contributed by atoms with Crippen LogP contribution in [-0.4, -0.2) is 71.3 Å². The molecule has 1 nitrogen and oxygen atoms in total. The second kappa shape index (κ2) is 10.6. The maximum absolute atomic E-state index is 13.6. The van der Waals surface area contributed by atoms with E-state index in [1.165, 1.54) is 0 Å². The SMILES string of the molecule is FC(Oc1c(F)c(F)c(F)c(F)c1F)=C(F)C(F)(F)C(F)(F)C(F)(F)C(F)(F)C(F)(F)C(F)(F)C(F)(F)F.[Na]. The quantitative estimate of drug-likeness (QED) is 0.0928. The van der Waals surface area contributed by atoms with Gasteiger partial charge < -0.3 is 4.74 Å². The van der Waals surface area contributed by atoms with Gasteiger partial charge in [0.15, 0.2) is 0 Å². The van der Waals surface area contributed by atoms with Gasteiger partial charge in [-0.2, -0.15) is 83.4 Å². The van der Waals surface area contributed by atoms with Gasteiger partial charge in [0, 0.05) is 29.6 Å². The zero-order valence-corrected chi connectivity index (χ0v) is 19.2. The van der Waals surface area contributed by atoms with Gasteiger partial charge in [0.05, 0.1) is 0 Å². The molecular weight excluding hydrogens is 637 g/mol. The number of allylic oxidation sites excluding steroid dienone is 1. The molecule has 0 amide bonds. The number of ether oxygens (including phenoxy) is 1. The topological polar surface area (TPSA) is 9.23 Å². The van der Waals surface area contributed by atoms with Crippen LogP contribution in [0, 0.1) is 29.1 Å². The summed E-state index contributed by atoms with van der Waals surface area (Å²) < 4.78 is 290. The molecule has 1 radical (unpaired) electrons. The third-order valence-electron chi connectivity index (χ3n) is 4.14. The van der Waals surface area contributed by atoms with Gasteiger partial charge in [-0.15, -0.1) is 0 Å². The number of alkyl halides is 15. The predicted octanol–water partition coefficient (Wildman–Crippen LogP) is 7.86. The summed E-state index contributed by atoms with van der Waals surface area (Å²) in [5, 5.41) is 0. The largest absolute Gasteiger partial charge is 0.460 e. The van der Waals surface area contributed by atoms with Crippen LogP contribution in [0.3, 0.4) is 0 Å². The molecule has 0 spiro atoms. The van der Waals surface area contributed by atoms with Crippen molar-refractivity contribution in [1.82, 2.24) is 0 Å². The van der Waals surface area contributed by atoms with Crippen molar-refractivity contribution in [3.8, 4) is 5.75 Å². The van der Waals surface area contributed by atoms with Crippen molar-refractivity contribution in [2.45, 2.75) is 41.7 Å². The Kier molecular flexibility index (Phi) is 10.1. The molecule has 0 aromatic heterocycles. The molecule has 0 aliphatic carbocycles. The van der Waals surface area contributed by atoms with Crippen molar-refractivity contribution in [3.05, 3.63) is 40.9 Å². The molecule has 0 saturated heterocycles. The van der Waals surface area contributed by atoms with E-state index in [4.69, 9.17) is 0 Å². The Morgan fingerprint density at radius 3 is 1.05 bits per heavy atom. The molecule has 0 fully saturated rings. The van der Waals surface area contributed by atoms with Crippen LogP contribution in [0.5, 0.6) is 5.75 Å². The fraction of sp³-hybridized carbons (Fsp3) is 0.467. The first-order valence-electron chi connectivity index (χ1n) is 8.07. The van der Waals surface area contributed by atoms with Crippen LogP contribution in [0.4, 0.5) is 96.6 Å². The molecule has 1 aromatic carbocycles. The molecule has 0 aliphatic heterocycles. The minimum absolute atomic E-state index is 0. The van der Waals surface area contributed by atoms with E-state index in [0.717, 1.165) is 0 Å². The summed E-state index contributed by atoms with van der Waals surface area (Å²) in [6.45, 7) is 0. The molecule has 1 aromatic rings. The van der Waals surface area contributed by atoms with Gasteiger partial charge in [0.2, 0.25) is 40.7 Å². The Balaban J connectivity index is 0.0000144. The van der Waals surface area contributed by atoms with Gasteiger partial charge in [0.25, 0.3) is 0 Å². The average Bonchev–Trinajstić information content (AvgIpc) is 2.76. The van der Waals surface area contributed by atoms with E-state index in [1.54, 1.807) is 0 Å². The summed E-state index contributed by atoms with van der Waals surface area (Å²) in [7, 11) is 0. The van der Waals surface area contributed by atoms with Crippen molar-refractivity contribution >= 4 is 29.6 Å². The van der Waals surface area contributed by atoms with Crippen molar-refractivity contribution in [3.63, 3.8) is 0 Å². The second-order valence-corrected chi connectivity index (χ2v) is 6.53. The zero-order valence-electron chi connectivity index (χ0n) is 17.2. The number of hydrogen-bond acceptors (Lipinski definition) is 1. The molecule has 24 heteroatoms. The van der Waals surface area contributed by atoms with Crippen LogP contribution in [-0.2, 0) is 0 Å². The Morgan fingerprint density at radius 1 is 0.436 bits per heavy atom. The number of halogens is 22. The van der Waals surface area contributed by atoms with Gasteiger partial charge >= 0.3 is 47.7 Å². The molecule has 0 aliphatic rings. The summed E-state index contributed by atoms with van der Waals surface area (Å²) in [4.78, 5) is 0. The minimum Gasteiger partial charge on any atom is -0.423 e. The van der Waals surface area contributed by atoms with E-state index in [2.05, 4.69) is 4.74 Å². The molecule has 0 unspecified atom stereocenters. The summed E-state index contributed by atoms with van der Waals surface area (Å²) in [6.07, 6.45) is -7.94. The van der Waals surface area contributed by atoms with Gasteiger partial charge in [-0.05, 0) is 0 Å². The number of benzene rings is 1. The van der Waals surface area contributed by atoms with E-state index in [0.29, 0.717) is 0 Å². The normalized spacial score (nSPS) is 15.1. The maximum Gasteiger partial charge on any atom is 0.460 e. The van der Waals surface area contributed by atoms with Crippen LogP contribution in [0.25, 0.3) is 0 Å². The standard InChI is InChI=1S/C15F22O.Na/c16-1-2(17)4(19)6(5(20)3(1)18)38-8(22)7(21)9(23,24)10(25,26)11(27,28)12(29,30)13(31,32)14(33,34)15(35,36)37;. The predicted molar refractivity (Wildman–Crippen MR) is 77.6 cm³/mol. The van der Waals surface area contributed by atoms with Crippen molar-refractivity contribution in [2.75, 3.05) is 0 Å². The Bertz CT molecular complexity index is 1090. The summed E-state index contributed by atoms with van der Waals surface area (Å²) in [5.74, 6) is -75.9. The Morgan fingerprint density at radius 2 is 0.718 bits per heavy atom. The van der Waals surface area contributed by atoms with E-state index in [-0.39, 0.29) is 29.6 Å². The molecule has 0 atom stereocenters. The smallest absolute Gasteiger partial charge is 0.423 e. The summed E-state index contributed by atoms with van der Waals surface area (Å²) in [6, 6.07) is -4.40. The first-order chi connectivity index (χ1) is 16.5. The molecule has 0 heterocycles.